The van der Waals surface area contributed by atoms with E-state index in [1.807, 2.05) is 24.3 Å². The maximum Gasteiger partial charge on any atom is 0.345 e. The molecule has 0 fully saturated rings. The van der Waals surface area contributed by atoms with Crippen molar-refractivity contribution in [1.29, 1.82) is 0 Å². The summed E-state index contributed by atoms with van der Waals surface area (Å²) < 4.78 is 16.5. The highest BCUT2D eigenvalue weighted by molar-refractivity contribution is 6.05. The van der Waals surface area contributed by atoms with E-state index in [9.17, 15) is 9.59 Å². The van der Waals surface area contributed by atoms with Crippen LogP contribution in [0.5, 0.6) is 5.75 Å². The lowest BCUT2D eigenvalue weighted by molar-refractivity contribution is -0.157. The summed E-state index contributed by atoms with van der Waals surface area (Å²) in [4.78, 5) is 23.8. The predicted octanol–water partition coefficient (Wildman–Crippen LogP) is 3.73. The summed E-state index contributed by atoms with van der Waals surface area (Å²) in [6.45, 7) is -0.349. The van der Waals surface area contributed by atoms with Gasteiger partial charge >= 0.3 is 5.97 Å². The van der Waals surface area contributed by atoms with E-state index in [0.29, 0.717) is 11.3 Å². The zero-order valence-electron chi connectivity index (χ0n) is 14.8. The number of carbonyl (C=O) groups is 2. The molecular weight excluding hydrogens is 358 g/mol. The SMILES string of the molecule is NC(=O)C(OC(=O)COc1ccc2oc3ccccc3c2c1)c1ccccc1. The number of furan rings is 1. The highest BCUT2D eigenvalue weighted by Crippen LogP contribution is 2.31. The van der Waals surface area contributed by atoms with Crippen LogP contribution in [0.1, 0.15) is 11.7 Å². The molecule has 1 amide bonds. The van der Waals surface area contributed by atoms with Gasteiger partial charge in [-0.2, -0.15) is 0 Å². The van der Waals surface area contributed by atoms with Gasteiger partial charge in [-0.15, -0.1) is 0 Å². The van der Waals surface area contributed by atoms with Crippen LogP contribution in [0.2, 0.25) is 0 Å². The van der Waals surface area contributed by atoms with Crippen LogP contribution in [0.15, 0.2) is 77.2 Å². The standard InChI is InChI=1S/C22H17NO5/c23-22(25)21(14-6-2-1-3-7-14)28-20(24)13-26-15-10-11-19-17(12-15)16-8-4-5-9-18(16)27-19/h1-12,21H,13H2,(H2,23,25). The second kappa shape index (κ2) is 7.44. The Kier molecular flexibility index (Phi) is 4.68. The van der Waals surface area contributed by atoms with Gasteiger partial charge in [0.15, 0.2) is 6.61 Å². The fraction of sp³-hybridized carbons (Fsp3) is 0.0909. The van der Waals surface area contributed by atoms with E-state index in [1.165, 1.54) is 0 Å². The van der Waals surface area contributed by atoms with Crippen molar-refractivity contribution >= 4 is 33.8 Å². The van der Waals surface area contributed by atoms with E-state index in [-0.39, 0.29) is 6.61 Å². The molecule has 0 aliphatic heterocycles. The van der Waals surface area contributed by atoms with Crippen LogP contribution in [0.4, 0.5) is 0 Å². The van der Waals surface area contributed by atoms with Gasteiger partial charge < -0.3 is 19.6 Å². The van der Waals surface area contributed by atoms with Crippen molar-refractivity contribution in [2.75, 3.05) is 6.61 Å². The number of benzene rings is 3. The molecule has 0 radical (unpaired) electrons. The second-order valence-corrected chi connectivity index (χ2v) is 6.23. The van der Waals surface area contributed by atoms with Crippen LogP contribution in [-0.2, 0) is 14.3 Å². The minimum Gasteiger partial charge on any atom is -0.482 e. The maximum atomic E-state index is 12.2. The van der Waals surface area contributed by atoms with Gasteiger partial charge in [-0.3, -0.25) is 4.79 Å². The number of fused-ring (bicyclic) bond motifs is 3. The first kappa shape index (κ1) is 17.6. The summed E-state index contributed by atoms with van der Waals surface area (Å²) >= 11 is 0. The van der Waals surface area contributed by atoms with Crippen LogP contribution in [0.25, 0.3) is 21.9 Å². The van der Waals surface area contributed by atoms with Gasteiger partial charge in [-0.05, 0) is 24.3 Å². The van der Waals surface area contributed by atoms with Gasteiger partial charge in [0.1, 0.15) is 16.9 Å². The van der Waals surface area contributed by atoms with Crippen LogP contribution in [-0.4, -0.2) is 18.5 Å². The highest BCUT2D eigenvalue weighted by atomic mass is 16.6. The van der Waals surface area contributed by atoms with Gasteiger partial charge in [0.05, 0.1) is 0 Å². The molecule has 1 aromatic heterocycles. The summed E-state index contributed by atoms with van der Waals surface area (Å²) in [5.74, 6) is -0.943. The van der Waals surface area contributed by atoms with Crippen molar-refractivity contribution in [3.63, 3.8) is 0 Å². The molecule has 4 aromatic rings. The van der Waals surface area contributed by atoms with Crippen molar-refractivity contribution in [3.8, 4) is 5.75 Å². The van der Waals surface area contributed by atoms with E-state index in [0.717, 1.165) is 21.9 Å². The molecule has 1 heterocycles. The van der Waals surface area contributed by atoms with E-state index >= 15 is 0 Å². The van der Waals surface area contributed by atoms with Crippen LogP contribution in [0, 0.1) is 0 Å². The summed E-state index contributed by atoms with van der Waals surface area (Å²) in [6, 6.07) is 21.6. The van der Waals surface area contributed by atoms with E-state index in [2.05, 4.69) is 0 Å². The van der Waals surface area contributed by atoms with Crippen molar-refractivity contribution in [1.82, 2.24) is 0 Å². The number of carbonyl (C=O) groups excluding carboxylic acids is 2. The first-order valence-corrected chi connectivity index (χ1v) is 8.69. The number of amides is 1. The molecule has 140 valence electrons. The molecule has 0 aliphatic rings. The zero-order chi connectivity index (χ0) is 19.5. The number of para-hydroxylation sites is 1. The van der Waals surface area contributed by atoms with Crippen molar-refractivity contribution in [2.45, 2.75) is 6.10 Å². The monoisotopic (exact) mass is 375 g/mol. The fourth-order valence-electron chi connectivity index (χ4n) is 3.02. The largest absolute Gasteiger partial charge is 0.482 e. The summed E-state index contributed by atoms with van der Waals surface area (Å²) in [5.41, 5.74) is 7.38. The first-order chi connectivity index (χ1) is 13.6. The Labute approximate surface area is 160 Å². The summed E-state index contributed by atoms with van der Waals surface area (Å²) in [6.07, 6.45) is -1.16. The summed E-state index contributed by atoms with van der Waals surface area (Å²) in [7, 11) is 0. The number of esters is 1. The smallest absolute Gasteiger partial charge is 0.345 e. The van der Waals surface area contributed by atoms with Crippen molar-refractivity contribution in [3.05, 3.63) is 78.4 Å². The molecule has 1 unspecified atom stereocenters. The second-order valence-electron chi connectivity index (χ2n) is 6.23. The van der Waals surface area contributed by atoms with Gasteiger partial charge in [0, 0.05) is 16.3 Å². The molecule has 0 aliphatic carbocycles. The third-order valence-corrected chi connectivity index (χ3v) is 4.31. The molecule has 0 saturated heterocycles. The highest BCUT2D eigenvalue weighted by Gasteiger charge is 2.22. The van der Waals surface area contributed by atoms with Gasteiger partial charge in [0.25, 0.3) is 5.91 Å². The van der Waals surface area contributed by atoms with Crippen LogP contribution >= 0.6 is 0 Å². The van der Waals surface area contributed by atoms with E-state index in [1.54, 1.807) is 48.5 Å². The Morgan fingerprint density at radius 2 is 1.61 bits per heavy atom. The Morgan fingerprint density at radius 1 is 0.893 bits per heavy atom. The molecule has 6 heteroatoms. The van der Waals surface area contributed by atoms with Gasteiger partial charge in [0.2, 0.25) is 6.10 Å². The normalized spacial score (nSPS) is 12.0. The molecular formula is C22H17NO5. The molecule has 28 heavy (non-hydrogen) atoms. The Balaban J connectivity index is 1.47. The van der Waals surface area contributed by atoms with E-state index < -0.39 is 18.0 Å². The number of hydrogen-bond donors (Lipinski definition) is 1. The molecule has 6 nitrogen and oxygen atoms in total. The zero-order valence-corrected chi connectivity index (χ0v) is 14.8. The molecule has 0 bridgehead atoms. The quantitative estimate of drug-likeness (QED) is 0.519. The third-order valence-electron chi connectivity index (χ3n) is 4.31. The number of nitrogens with two attached hydrogens (primary N) is 1. The number of rotatable bonds is 6. The fourth-order valence-corrected chi connectivity index (χ4v) is 3.02. The Bertz CT molecular complexity index is 1150. The summed E-state index contributed by atoms with van der Waals surface area (Å²) in [5, 5.41) is 1.85. The average molecular weight is 375 g/mol. The lowest BCUT2D eigenvalue weighted by atomic mass is 10.1. The molecule has 3 aromatic carbocycles. The van der Waals surface area contributed by atoms with Gasteiger partial charge in [-0.25, -0.2) is 4.79 Å². The maximum absolute atomic E-state index is 12.2. The topological polar surface area (TPSA) is 91.8 Å². The molecule has 2 N–H and O–H groups in total. The minimum absolute atomic E-state index is 0.349. The van der Waals surface area contributed by atoms with Crippen LogP contribution < -0.4 is 10.5 Å². The molecule has 4 rings (SSSR count). The number of ether oxygens (including phenoxy) is 2. The van der Waals surface area contributed by atoms with Crippen LogP contribution in [0.3, 0.4) is 0 Å². The molecule has 0 spiro atoms. The predicted molar refractivity (Wildman–Crippen MR) is 104 cm³/mol. The molecule has 0 saturated carbocycles. The Hall–Kier alpha value is -3.80. The first-order valence-electron chi connectivity index (χ1n) is 8.69. The Morgan fingerprint density at radius 3 is 2.39 bits per heavy atom. The molecule has 1 atom stereocenters. The number of primary amides is 1. The van der Waals surface area contributed by atoms with E-state index in [4.69, 9.17) is 19.6 Å². The number of hydrogen-bond acceptors (Lipinski definition) is 5. The third kappa shape index (κ3) is 3.53. The average Bonchev–Trinajstić information content (AvgIpc) is 3.09. The van der Waals surface area contributed by atoms with Crippen molar-refractivity contribution in [2.24, 2.45) is 5.73 Å². The lowest BCUT2D eigenvalue weighted by Gasteiger charge is -2.15. The van der Waals surface area contributed by atoms with Crippen molar-refractivity contribution < 1.29 is 23.5 Å². The minimum atomic E-state index is -1.16. The van der Waals surface area contributed by atoms with Gasteiger partial charge in [-0.1, -0.05) is 48.5 Å². The lowest BCUT2D eigenvalue weighted by Crippen LogP contribution is -2.28.